The van der Waals surface area contributed by atoms with Gasteiger partial charge in [-0.25, -0.2) is 0 Å². The minimum Gasteiger partial charge on any atom is -0.0622 e. The first-order chi connectivity index (χ1) is 29.3. The van der Waals surface area contributed by atoms with Gasteiger partial charge in [0.2, 0.25) is 0 Å². The molecule has 0 unspecified atom stereocenters. The van der Waals surface area contributed by atoms with Crippen LogP contribution in [0.4, 0.5) is 0 Å². The number of hydrogen-bond acceptors (Lipinski definition) is 0. The molecular formula is C59H42. The second-order valence-corrected chi connectivity index (χ2v) is 16.4. The van der Waals surface area contributed by atoms with Gasteiger partial charge in [0.1, 0.15) is 0 Å². The average Bonchev–Trinajstić information content (AvgIpc) is 3.30. The Morgan fingerprint density at radius 1 is 0.203 bits per heavy atom. The van der Waals surface area contributed by atoms with Crippen LogP contribution in [0.3, 0.4) is 0 Å². The van der Waals surface area contributed by atoms with Gasteiger partial charge < -0.3 is 0 Å². The third-order valence-corrected chi connectivity index (χ3v) is 13.2. The molecule has 0 saturated heterocycles. The summed E-state index contributed by atoms with van der Waals surface area (Å²) in [6.45, 7) is 0. The fourth-order valence-electron chi connectivity index (χ4n) is 10.8. The van der Waals surface area contributed by atoms with Crippen LogP contribution in [0.5, 0.6) is 0 Å². The molecule has 11 aromatic rings. The lowest BCUT2D eigenvalue weighted by molar-refractivity contribution is 0.682. The molecular weight excluding hydrogens is 709 g/mol. The van der Waals surface area contributed by atoms with Gasteiger partial charge in [-0.05, 0) is 146 Å². The molecule has 2 bridgehead atoms. The van der Waals surface area contributed by atoms with Crippen LogP contribution in [0.25, 0.3) is 109 Å². The van der Waals surface area contributed by atoms with Crippen LogP contribution >= 0.6 is 0 Å². The maximum atomic E-state index is 2.42. The van der Waals surface area contributed by atoms with Crippen molar-refractivity contribution in [2.24, 2.45) is 0 Å². The summed E-state index contributed by atoms with van der Waals surface area (Å²) in [4.78, 5) is 0. The van der Waals surface area contributed by atoms with Crippen molar-refractivity contribution in [1.29, 1.82) is 0 Å². The van der Waals surface area contributed by atoms with Crippen LogP contribution in [-0.2, 0) is 12.8 Å². The second-order valence-electron chi connectivity index (χ2n) is 16.4. The predicted octanol–water partition coefficient (Wildman–Crippen LogP) is 16.5. The van der Waals surface area contributed by atoms with Crippen molar-refractivity contribution in [2.75, 3.05) is 0 Å². The highest BCUT2D eigenvalue weighted by Crippen LogP contribution is 2.54. The number of fused-ring (bicyclic) bond motifs is 9. The molecule has 0 heterocycles. The van der Waals surface area contributed by atoms with Gasteiger partial charge in [0, 0.05) is 0 Å². The maximum Gasteiger partial charge on any atom is -0.00111 e. The summed E-state index contributed by atoms with van der Waals surface area (Å²) < 4.78 is 0. The summed E-state index contributed by atoms with van der Waals surface area (Å²) >= 11 is 0. The first-order valence-electron chi connectivity index (χ1n) is 21.3. The van der Waals surface area contributed by atoms with Gasteiger partial charge in [0.05, 0.1) is 0 Å². The average molecular weight is 751 g/mol. The van der Waals surface area contributed by atoms with E-state index in [0.717, 1.165) is 25.7 Å². The summed E-state index contributed by atoms with van der Waals surface area (Å²) in [6, 6.07) is 73.3. The lowest BCUT2D eigenvalue weighted by Crippen LogP contribution is -1.98. The van der Waals surface area contributed by atoms with E-state index in [4.69, 9.17) is 0 Å². The zero-order chi connectivity index (χ0) is 38.9. The zero-order valence-electron chi connectivity index (χ0n) is 33.0. The van der Waals surface area contributed by atoms with Crippen molar-refractivity contribution in [3.8, 4) is 44.5 Å². The highest BCUT2D eigenvalue weighted by Gasteiger charge is 2.26. The molecule has 11 aromatic carbocycles. The summed E-state index contributed by atoms with van der Waals surface area (Å²) in [5, 5.41) is 15.9. The predicted molar refractivity (Wildman–Crippen MR) is 254 cm³/mol. The van der Waals surface area contributed by atoms with Gasteiger partial charge in [-0.2, -0.15) is 0 Å². The van der Waals surface area contributed by atoms with Crippen molar-refractivity contribution in [2.45, 2.75) is 32.1 Å². The minimum atomic E-state index is 1.04. The van der Waals surface area contributed by atoms with Gasteiger partial charge in [-0.15, -0.1) is 0 Å². The number of benzene rings is 11. The van der Waals surface area contributed by atoms with Gasteiger partial charge in [-0.1, -0.05) is 201 Å². The van der Waals surface area contributed by atoms with Crippen LogP contribution in [-0.4, -0.2) is 0 Å². The van der Waals surface area contributed by atoms with Crippen LogP contribution < -0.4 is 0 Å². The fraction of sp³-hybridized carbons (Fsp3) is 0.0847. The summed E-state index contributed by atoms with van der Waals surface area (Å²) in [7, 11) is 0. The Kier molecular flexibility index (Phi) is 7.98. The monoisotopic (exact) mass is 750 g/mol. The SMILES string of the molecule is c1ccc(-c2c3ccccc3c3c4c(cccc24)CCCCCc2cccc4c(-c5ccccc5)c5ccccc5c(c24)-c2c4ccccc4c-3c3ccccc23)cc1. The van der Waals surface area contributed by atoms with Crippen LogP contribution in [0.2, 0.25) is 0 Å². The molecule has 0 saturated carbocycles. The maximum absolute atomic E-state index is 2.42. The molecule has 1 aliphatic rings. The second kappa shape index (κ2) is 13.8. The van der Waals surface area contributed by atoms with Crippen molar-refractivity contribution in [3.63, 3.8) is 0 Å². The molecule has 0 spiro atoms. The first kappa shape index (κ1) is 34.1. The Labute approximate surface area is 345 Å². The van der Waals surface area contributed by atoms with Crippen LogP contribution in [0.1, 0.15) is 30.4 Å². The largest absolute Gasteiger partial charge is 0.0622 e. The van der Waals surface area contributed by atoms with Crippen LogP contribution in [0, 0.1) is 0 Å². The molecule has 0 aromatic heterocycles. The molecule has 59 heavy (non-hydrogen) atoms. The van der Waals surface area contributed by atoms with E-state index >= 15 is 0 Å². The molecule has 278 valence electrons. The van der Waals surface area contributed by atoms with E-state index in [-0.39, 0.29) is 0 Å². The molecule has 0 aliphatic heterocycles. The normalized spacial score (nSPS) is 13.1. The summed E-state index contributed by atoms with van der Waals surface area (Å²) in [5.74, 6) is 0. The van der Waals surface area contributed by atoms with Crippen molar-refractivity contribution >= 4 is 64.6 Å². The van der Waals surface area contributed by atoms with Crippen molar-refractivity contribution in [3.05, 3.63) is 205 Å². The van der Waals surface area contributed by atoms with E-state index in [9.17, 15) is 0 Å². The third-order valence-electron chi connectivity index (χ3n) is 13.2. The Bertz CT molecular complexity index is 3160. The zero-order valence-corrected chi connectivity index (χ0v) is 33.0. The number of aryl methyl sites for hydroxylation is 2. The van der Waals surface area contributed by atoms with E-state index in [2.05, 4.69) is 194 Å². The molecule has 12 rings (SSSR count). The Hall–Kier alpha value is -7.02. The quantitative estimate of drug-likeness (QED) is 0.154. The smallest absolute Gasteiger partial charge is 0.00111 e. The Morgan fingerprint density at radius 3 is 0.847 bits per heavy atom. The van der Waals surface area contributed by atoms with Gasteiger partial charge in [0.15, 0.2) is 0 Å². The number of rotatable bonds is 2. The fourth-order valence-corrected chi connectivity index (χ4v) is 10.8. The van der Waals surface area contributed by atoms with Crippen molar-refractivity contribution in [1.82, 2.24) is 0 Å². The molecule has 0 amide bonds. The standard InChI is InChI=1S/C59H42/c1-4-20-38(21-5-1)52-42-28-10-16-34-48(42)58-54-40(26-18-36-50(52)54)24-8-3-9-25-41-27-19-37-51-53(39-22-6-2-7-23-39)43-29-11-17-35-49(43)59(55(41)51)57-46-32-14-12-30-44(46)56(58)45-31-13-15-33-47(45)57/h1-2,4-7,10-23,26-37H,3,8-9,24-25H2. The topological polar surface area (TPSA) is 0 Å². The highest BCUT2D eigenvalue weighted by molar-refractivity contribution is 6.34. The van der Waals surface area contributed by atoms with Gasteiger partial charge in [0.25, 0.3) is 0 Å². The molecule has 0 radical (unpaired) electrons. The molecule has 0 heteroatoms. The highest BCUT2D eigenvalue weighted by atomic mass is 14.3. The lowest BCUT2D eigenvalue weighted by Gasteiger charge is -2.25. The molecule has 0 nitrogen and oxygen atoms in total. The lowest BCUT2D eigenvalue weighted by atomic mass is 9.78. The molecule has 0 atom stereocenters. The van der Waals surface area contributed by atoms with Crippen LogP contribution in [0.15, 0.2) is 194 Å². The summed E-state index contributed by atoms with van der Waals surface area (Å²) in [5.41, 5.74) is 13.4. The van der Waals surface area contributed by atoms with E-state index < -0.39 is 0 Å². The van der Waals surface area contributed by atoms with E-state index in [0.29, 0.717) is 0 Å². The van der Waals surface area contributed by atoms with E-state index in [1.54, 1.807) is 0 Å². The third kappa shape index (κ3) is 5.23. The molecule has 1 aliphatic carbocycles. The number of hydrogen-bond donors (Lipinski definition) is 0. The first-order valence-corrected chi connectivity index (χ1v) is 21.3. The molecule has 0 N–H and O–H groups in total. The van der Waals surface area contributed by atoms with E-state index in [1.807, 2.05) is 0 Å². The van der Waals surface area contributed by atoms with Gasteiger partial charge >= 0.3 is 0 Å². The Morgan fingerprint density at radius 2 is 0.492 bits per heavy atom. The Balaban J connectivity index is 1.32. The van der Waals surface area contributed by atoms with Crippen molar-refractivity contribution < 1.29 is 0 Å². The van der Waals surface area contributed by atoms with E-state index in [1.165, 1.54) is 127 Å². The summed E-state index contributed by atoms with van der Waals surface area (Å²) in [6.07, 6.45) is 5.52. The molecule has 0 fully saturated rings. The van der Waals surface area contributed by atoms with Gasteiger partial charge in [-0.3, -0.25) is 0 Å². The minimum absolute atomic E-state index is 1.04.